The molecule has 0 spiro atoms. The maximum Gasteiger partial charge on any atom is 0.211 e. The first-order valence-corrected chi connectivity index (χ1v) is 9.28. The molecule has 0 amide bonds. The van der Waals surface area contributed by atoms with Gasteiger partial charge in [0.2, 0.25) is 10.0 Å². The monoisotopic (exact) mass is 332 g/mol. The van der Waals surface area contributed by atoms with E-state index in [1.807, 2.05) is 6.92 Å². The summed E-state index contributed by atoms with van der Waals surface area (Å²) in [6.45, 7) is 4.83. The molecule has 1 N–H and O–H groups in total. The first-order valence-electron chi connectivity index (χ1n) is 7.06. The molecule has 0 aliphatic carbocycles. The molecule has 0 saturated carbocycles. The van der Waals surface area contributed by atoms with Crippen molar-refractivity contribution in [3.05, 3.63) is 16.5 Å². The van der Waals surface area contributed by atoms with E-state index in [0.717, 1.165) is 30.6 Å². The van der Waals surface area contributed by atoms with Gasteiger partial charge in [-0.3, -0.25) is 0 Å². The number of hydrogen-bond acceptors (Lipinski definition) is 5. The number of sulfonamides is 1. The van der Waals surface area contributed by atoms with Crippen molar-refractivity contribution in [1.29, 1.82) is 0 Å². The zero-order valence-corrected chi connectivity index (χ0v) is 14.1. The van der Waals surface area contributed by atoms with Crippen LogP contribution in [0.2, 0.25) is 5.15 Å². The number of aryl methyl sites for hydroxylation is 1. The standard InChI is InChI=1S/C13H21ClN4O2S/c1-4-11-12(14)15-9(2)16-13(11)17-10-6-5-7-18(8-10)21(3,19)20/h10H,4-8H2,1-3H3,(H,15,16,17). The third kappa shape index (κ3) is 4.05. The van der Waals surface area contributed by atoms with Gasteiger partial charge in [-0.15, -0.1) is 0 Å². The van der Waals surface area contributed by atoms with E-state index in [-0.39, 0.29) is 6.04 Å². The molecule has 0 aromatic carbocycles. The third-order valence-corrected chi connectivity index (χ3v) is 5.20. The van der Waals surface area contributed by atoms with Crippen molar-refractivity contribution >= 4 is 27.4 Å². The second-order valence-corrected chi connectivity index (χ2v) is 7.69. The number of anilines is 1. The number of nitrogens with zero attached hydrogens (tertiary/aromatic N) is 3. The van der Waals surface area contributed by atoms with Gasteiger partial charge in [-0.05, 0) is 26.2 Å². The van der Waals surface area contributed by atoms with Gasteiger partial charge in [-0.2, -0.15) is 0 Å². The van der Waals surface area contributed by atoms with Crippen molar-refractivity contribution in [2.45, 2.75) is 39.2 Å². The highest BCUT2D eigenvalue weighted by molar-refractivity contribution is 7.88. The van der Waals surface area contributed by atoms with Crippen LogP contribution in [0.5, 0.6) is 0 Å². The lowest BCUT2D eigenvalue weighted by atomic mass is 10.1. The summed E-state index contributed by atoms with van der Waals surface area (Å²) < 4.78 is 24.8. The summed E-state index contributed by atoms with van der Waals surface area (Å²) >= 11 is 6.16. The summed E-state index contributed by atoms with van der Waals surface area (Å²) in [6, 6.07) is 0.0455. The fraction of sp³-hybridized carbons (Fsp3) is 0.692. The normalized spacial score (nSPS) is 20.5. The average Bonchev–Trinajstić information content (AvgIpc) is 2.37. The summed E-state index contributed by atoms with van der Waals surface area (Å²) in [4.78, 5) is 8.57. The van der Waals surface area contributed by atoms with Crippen molar-refractivity contribution in [2.24, 2.45) is 0 Å². The van der Waals surface area contributed by atoms with Crippen LogP contribution < -0.4 is 5.32 Å². The van der Waals surface area contributed by atoms with Gasteiger partial charge in [0, 0.05) is 24.7 Å². The van der Waals surface area contributed by atoms with Crippen molar-refractivity contribution in [2.75, 3.05) is 24.7 Å². The van der Waals surface area contributed by atoms with Crippen LogP contribution in [0.25, 0.3) is 0 Å². The van der Waals surface area contributed by atoms with E-state index in [2.05, 4.69) is 15.3 Å². The van der Waals surface area contributed by atoms with Gasteiger partial charge in [0.15, 0.2) is 0 Å². The molecule has 1 aliphatic heterocycles. The van der Waals surface area contributed by atoms with Gasteiger partial charge in [0.1, 0.15) is 16.8 Å². The minimum absolute atomic E-state index is 0.0455. The smallest absolute Gasteiger partial charge is 0.211 e. The van der Waals surface area contributed by atoms with Crippen LogP contribution in [0.3, 0.4) is 0 Å². The lowest BCUT2D eigenvalue weighted by molar-refractivity contribution is 0.328. The highest BCUT2D eigenvalue weighted by Crippen LogP contribution is 2.24. The summed E-state index contributed by atoms with van der Waals surface area (Å²) in [5, 5.41) is 3.80. The van der Waals surface area contributed by atoms with Crippen molar-refractivity contribution < 1.29 is 8.42 Å². The summed E-state index contributed by atoms with van der Waals surface area (Å²) in [7, 11) is -3.15. The highest BCUT2D eigenvalue weighted by Gasteiger charge is 2.26. The van der Waals surface area contributed by atoms with E-state index in [4.69, 9.17) is 11.6 Å². The van der Waals surface area contributed by atoms with Gasteiger partial charge in [-0.1, -0.05) is 18.5 Å². The lowest BCUT2D eigenvalue weighted by Crippen LogP contribution is -2.44. The highest BCUT2D eigenvalue weighted by atomic mass is 35.5. The maximum atomic E-state index is 11.7. The Morgan fingerprint density at radius 1 is 1.43 bits per heavy atom. The Hall–Kier alpha value is -0.920. The molecule has 1 fully saturated rings. The molecule has 8 heteroatoms. The quantitative estimate of drug-likeness (QED) is 0.851. The van der Waals surface area contributed by atoms with Gasteiger partial charge in [0.05, 0.1) is 6.26 Å². The summed E-state index contributed by atoms with van der Waals surface area (Å²) in [5.41, 5.74) is 0.874. The first-order chi connectivity index (χ1) is 9.81. The molecule has 0 radical (unpaired) electrons. The molecular weight excluding hydrogens is 312 g/mol. The van der Waals surface area contributed by atoms with Gasteiger partial charge < -0.3 is 5.32 Å². The molecule has 2 rings (SSSR count). The number of hydrogen-bond donors (Lipinski definition) is 1. The van der Waals surface area contributed by atoms with Crippen LogP contribution in [0, 0.1) is 6.92 Å². The number of halogens is 1. The fourth-order valence-electron chi connectivity index (χ4n) is 2.55. The van der Waals surface area contributed by atoms with Crippen LogP contribution in [-0.2, 0) is 16.4 Å². The van der Waals surface area contributed by atoms with Crippen molar-refractivity contribution in [3.8, 4) is 0 Å². The number of nitrogens with one attached hydrogen (secondary N) is 1. The molecule has 1 atom stereocenters. The molecule has 1 unspecified atom stereocenters. The minimum Gasteiger partial charge on any atom is -0.366 e. The first kappa shape index (κ1) is 16.5. The Morgan fingerprint density at radius 3 is 2.76 bits per heavy atom. The molecule has 0 bridgehead atoms. The minimum atomic E-state index is -3.15. The molecule has 2 heterocycles. The summed E-state index contributed by atoms with van der Waals surface area (Å²) in [6.07, 6.45) is 3.72. The Labute approximate surface area is 131 Å². The molecule has 1 aliphatic rings. The maximum absolute atomic E-state index is 11.7. The predicted molar refractivity (Wildman–Crippen MR) is 84.2 cm³/mol. The fourth-order valence-corrected chi connectivity index (χ4v) is 3.81. The Balaban J connectivity index is 2.18. The Kier molecular flexibility index (Phi) is 5.06. The van der Waals surface area contributed by atoms with Gasteiger partial charge in [-0.25, -0.2) is 22.7 Å². The average molecular weight is 333 g/mol. The second kappa shape index (κ2) is 6.46. The Bertz CT molecular complexity index is 621. The molecule has 6 nitrogen and oxygen atoms in total. The molecule has 1 aromatic heterocycles. The SMILES string of the molecule is CCc1c(Cl)nc(C)nc1NC1CCCN(S(C)(=O)=O)C1. The molecule has 21 heavy (non-hydrogen) atoms. The lowest BCUT2D eigenvalue weighted by Gasteiger charge is -2.32. The Morgan fingerprint density at radius 2 is 2.14 bits per heavy atom. The largest absolute Gasteiger partial charge is 0.366 e. The number of aromatic nitrogens is 2. The summed E-state index contributed by atoms with van der Waals surface area (Å²) in [5.74, 6) is 1.32. The third-order valence-electron chi connectivity index (χ3n) is 3.62. The van der Waals surface area contributed by atoms with Crippen molar-refractivity contribution in [3.63, 3.8) is 0 Å². The van der Waals surface area contributed by atoms with E-state index in [1.165, 1.54) is 10.6 Å². The van der Waals surface area contributed by atoms with E-state index >= 15 is 0 Å². The molecule has 1 aromatic rings. The number of piperidine rings is 1. The van der Waals surface area contributed by atoms with E-state index in [9.17, 15) is 8.42 Å². The molecule has 1 saturated heterocycles. The molecule has 118 valence electrons. The van der Waals surface area contributed by atoms with Crippen LogP contribution in [0.4, 0.5) is 5.82 Å². The van der Waals surface area contributed by atoms with Crippen LogP contribution in [0.15, 0.2) is 0 Å². The number of rotatable bonds is 4. The van der Waals surface area contributed by atoms with Crippen LogP contribution >= 0.6 is 11.6 Å². The van der Waals surface area contributed by atoms with Crippen LogP contribution in [-0.4, -0.2) is 48.1 Å². The van der Waals surface area contributed by atoms with Gasteiger partial charge >= 0.3 is 0 Å². The predicted octanol–water partition coefficient (Wildman–Crippen LogP) is 1.84. The second-order valence-electron chi connectivity index (χ2n) is 5.35. The van der Waals surface area contributed by atoms with E-state index < -0.39 is 10.0 Å². The molecular formula is C13H21ClN4O2S. The van der Waals surface area contributed by atoms with Crippen LogP contribution in [0.1, 0.15) is 31.2 Å². The van der Waals surface area contributed by atoms with E-state index in [0.29, 0.717) is 24.1 Å². The van der Waals surface area contributed by atoms with E-state index in [1.54, 1.807) is 6.92 Å². The zero-order valence-electron chi connectivity index (χ0n) is 12.6. The van der Waals surface area contributed by atoms with Crippen molar-refractivity contribution in [1.82, 2.24) is 14.3 Å². The topological polar surface area (TPSA) is 75.2 Å². The zero-order chi connectivity index (χ0) is 15.6. The van der Waals surface area contributed by atoms with Gasteiger partial charge in [0.25, 0.3) is 0 Å².